The van der Waals surface area contributed by atoms with Crippen LogP contribution in [0, 0.1) is 27.7 Å². The maximum Gasteiger partial charge on any atom is 0.256 e. The largest absolute Gasteiger partial charge is 0.321 e. The number of hydrogen-bond acceptors (Lipinski definition) is 2. The molecule has 0 aliphatic rings. The summed E-state index contributed by atoms with van der Waals surface area (Å²) in [5.41, 5.74) is 8.05. The number of nitrogens with zero attached hydrogens (tertiary/aromatic N) is 1. The fraction of sp³-hybridized carbons (Fsp3) is 0.154. The molecule has 4 aromatic rings. The van der Waals surface area contributed by atoms with Crippen LogP contribution in [0.5, 0.6) is 0 Å². The Morgan fingerprint density at radius 3 is 2.19 bits per heavy atom. The van der Waals surface area contributed by atoms with E-state index in [1.807, 2.05) is 76.2 Å². The van der Waals surface area contributed by atoms with E-state index in [4.69, 9.17) is 16.6 Å². The summed E-state index contributed by atoms with van der Waals surface area (Å²) < 4.78 is 0.992. The van der Waals surface area contributed by atoms with Gasteiger partial charge in [0.2, 0.25) is 0 Å². The molecule has 1 N–H and O–H groups in total. The van der Waals surface area contributed by atoms with Gasteiger partial charge >= 0.3 is 0 Å². The minimum atomic E-state index is -0.152. The molecule has 4 rings (SSSR count). The minimum Gasteiger partial charge on any atom is -0.321 e. The Hall–Kier alpha value is -2.69. The summed E-state index contributed by atoms with van der Waals surface area (Å²) in [6, 6.07) is 17.5. The van der Waals surface area contributed by atoms with Crippen LogP contribution in [-0.4, -0.2) is 10.9 Å². The van der Waals surface area contributed by atoms with Gasteiger partial charge in [0.1, 0.15) is 0 Å². The van der Waals surface area contributed by atoms with Gasteiger partial charge in [0, 0.05) is 26.1 Å². The summed E-state index contributed by atoms with van der Waals surface area (Å²) >= 11 is 9.58. The van der Waals surface area contributed by atoms with Crippen molar-refractivity contribution >= 4 is 50.0 Å². The molecule has 1 aromatic heterocycles. The highest BCUT2D eigenvalue weighted by atomic mass is 79.9. The molecular weight excluding hydrogens is 472 g/mol. The monoisotopic (exact) mass is 492 g/mol. The van der Waals surface area contributed by atoms with Gasteiger partial charge in [0.15, 0.2) is 0 Å². The van der Waals surface area contributed by atoms with Crippen molar-refractivity contribution in [2.45, 2.75) is 27.7 Å². The highest BCUT2D eigenvalue weighted by Crippen LogP contribution is 2.31. The third-order valence-corrected chi connectivity index (χ3v) is 6.08. The average molecular weight is 494 g/mol. The lowest BCUT2D eigenvalue weighted by Gasteiger charge is -2.15. The van der Waals surface area contributed by atoms with Crippen LogP contribution < -0.4 is 5.32 Å². The molecule has 3 nitrogen and oxygen atoms in total. The van der Waals surface area contributed by atoms with Crippen molar-refractivity contribution < 1.29 is 4.79 Å². The maximum atomic E-state index is 13.5. The van der Waals surface area contributed by atoms with Crippen molar-refractivity contribution in [1.82, 2.24) is 4.98 Å². The number of nitrogens with one attached hydrogen (secondary N) is 1. The lowest BCUT2D eigenvalue weighted by molar-refractivity contribution is 0.102. The molecule has 0 fully saturated rings. The number of amides is 1. The standard InChI is InChI=1S/C26H22BrClN2O/c1-14-9-15(2)25-21(10-14)22(13-23(29-25)18-5-7-20(28)8-6-18)26(31)30-24-16(3)11-19(27)12-17(24)4/h5-13H,1-4H3,(H,30,31). The van der Waals surface area contributed by atoms with Gasteiger partial charge in [-0.15, -0.1) is 0 Å². The molecule has 156 valence electrons. The zero-order chi connectivity index (χ0) is 22.3. The summed E-state index contributed by atoms with van der Waals surface area (Å²) in [5.74, 6) is -0.152. The van der Waals surface area contributed by atoms with Gasteiger partial charge in [0.25, 0.3) is 5.91 Å². The Kier molecular flexibility index (Phi) is 5.87. The molecule has 1 amide bonds. The lowest BCUT2D eigenvalue weighted by atomic mass is 9.99. The van der Waals surface area contributed by atoms with Gasteiger partial charge in [-0.3, -0.25) is 4.79 Å². The van der Waals surface area contributed by atoms with E-state index >= 15 is 0 Å². The molecule has 0 spiro atoms. The second-order valence-corrected chi connectivity index (χ2v) is 9.26. The SMILES string of the molecule is Cc1cc(C)c2nc(-c3ccc(Cl)cc3)cc(C(=O)Nc3c(C)cc(Br)cc3C)c2c1. The molecule has 0 unspecified atom stereocenters. The number of anilines is 1. The van der Waals surface area contributed by atoms with Crippen LogP contribution in [0.25, 0.3) is 22.2 Å². The second-order valence-electron chi connectivity index (χ2n) is 7.91. The summed E-state index contributed by atoms with van der Waals surface area (Å²) in [6.45, 7) is 8.04. The number of pyridine rings is 1. The predicted molar refractivity (Wildman–Crippen MR) is 133 cm³/mol. The van der Waals surface area contributed by atoms with E-state index < -0.39 is 0 Å². The third-order valence-electron chi connectivity index (χ3n) is 5.37. The van der Waals surface area contributed by atoms with Crippen molar-refractivity contribution in [2.75, 3.05) is 5.32 Å². The van der Waals surface area contributed by atoms with E-state index in [0.29, 0.717) is 10.6 Å². The number of fused-ring (bicyclic) bond motifs is 1. The summed E-state index contributed by atoms with van der Waals surface area (Å²) in [5, 5.41) is 4.64. The molecule has 0 saturated heterocycles. The van der Waals surface area contributed by atoms with Crippen molar-refractivity contribution in [3.63, 3.8) is 0 Å². The first-order chi connectivity index (χ1) is 14.7. The van der Waals surface area contributed by atoms with Crippen molar-refractivity contribution in [2.24, 2.45) is 0 Å². The van der Waals surface area contributed by atoms with Crippen LogP contribution in [0.1, 0.15) is 32.6 Å². The minimum absolute atomic E-state index is 0.152. The highest BCUT2D eigenvalue weighted by Gasteiger charge is 2.17. The van der Waals surface area contributed by atoms with Gasteiger partial charge in [-0.1, -0.05) is 51.3 Å². The Labute approximate surface area is 195 Å². The molecule has 31 heavy (non-hydrogen) atoms. The van der Waals surface area contributed by atoms with E-state index in [1.54, 1.807) is 0 Å². The second kappa shape index (κ2) is 8.45. The molecule has 3 aromatic carbocycles. The van der Waals surface area contributed by atoms with Crippen molar-refractivity contribution in [3.8, 4) is 11.3 Å². The predicted octanol–water partition coefficient (Wildman–Crippen LogP) is 7.80. The fourth-order valence-corrected chi connectivity index (χ4v) is 4.74. The molecular formula is C26H22BrClN2O. The number of carbonyl (C=O) groups is 1. The number of aryl methyl sites for hydroxylation is 4. The Morgan fingerprint density at radius 1 is 0.903 bits per heavy atom. The number of halogens is 2. The van der Waals surface area contributed by atoms with Crippen LogP contribution in [-0.2, 0) is 0 Å². The smallest absolute Gasteiger partial charge is 0.256 e. The molecule has 0 aliphatic heterocycles. The first kappa shape index (κ1) is 21.5. The number of aromatic nitrogens is 1. The van der Waals surface area contributed by atoms with Gasteiger partial charge in [0.05, 0.1) is 16.8 Å². The number of hydrogen-bond donors (Lipinski definition) is 1. The number of carbonyl (C=O) groups excluding carboxylic acids is 1. The van der Waals surface area contributed by atoms with E-state index in [9.17, 15) is 4.79 Å². The van der Waals surface area contributed by atoms with Gasteiger partial charge < -0.3 is 5.32 Å². The van der Waals surface area contributed by atoms with Crippen LogP contribution in [0.15, 0.2) is 59.1 Å². The van der Waals surface area contributed by atoms with Gasteiger partial charge in [-0.2, -0.15) is 0 Å². The molecule has 1 heterocycles. The molecule has 0 saturated carbocycles. The molecule has 0 aliphatic carbocycles. The average Bonchev–Trinajstić information content (AvgIpc) is 2.70. The topological polar surface area (TPSA) is 42.0 Å². The van der Waals surface area contributed by atoms with E-state index in [-0.39, 0.29) is 5.91 Å². The van der Waals surface area contributed by atoms with Crippen molar-refractivity contribution in [3.05, 3.63) is 91.9 Å². The zero-order valence-corrected chi connectivity index (χ0v) is 20.1. The van der Waals surface area contributed by atoms with Crippen LogP contribution in [0.4, 0.5) is 5.69 Å². The Bertz CT molecular complexity index is 1310. The third kappa shape index (κ3) is 4.36. The normalized spacial score (nSPS) is 11.0. The first-order valence-corrected chi connectivity index (χ1v) is 11.2. The van der Waals surface area contributed by atoms with Crippen LogP contribution in [0.3, 0.4) is 0 Å². The molecule has 0 radical (unpaired) electrons. The summed E-state index contributed by atoms with van der Waals surface area (Å²) in [4.78, 5) is 18.4. The molecule has 0 atom stereocenters. The highest BCUT2D eigenvalue weighted by molar-refractivity contribution is 9.10. The molecule has 0 bridgehead atoms. The number of benzene rings is 3. The first-order valence-electron chi connectivity index (χ1n) is 9.99. The Balaban J connectivity index is 1.89. The maximum absolute atomic E-state index is 13.5. The zero-order valence-electron chi connectivity index (χ0n) is 17.8. The van der Waals surface area contributed by atoms with Crippen LogP contribution in [0.2, 0.25) is 5.02 Å². The summed E-state index contributed by atoms with van der Waals surface area (Å²) in [7, 11) is 0. The summed E-state index contributed by atoms with van der Waals surface area (Å²) in [6.07, 6.45) is 0. The van der Waals surface area contributed by atoms with Crippen LogP contribution >= 0.6 is 27.5 Å². The van der Waals surface area contributed by atoms with E-state index in [0.717, 1.165) is 54.6 Å². The lowest BCUT2D eigenvalue weighted by Crippen LogP contribution is -2.15. The molecule has 5 heteroatoms. The fourth-order valence-electron chi connectivity index (χ4n) is 3.93. The number of rotatable bonds is 3. The van der Waals surface area contributed by atoms with Crippen molar-refractivity contribution in [1.29, 1.82) is 0 Å². The van der Waals surface area contributed by atoms with Gasteiger partial charge in [-0.25, -0.2) is 4.98 Å². The quantitative estimate of drug-likeness (QED) is 0.316. The van der Waals surface area contributed by atoms with Gasteiger partial charge in [-0.05, 0) is 80.8 Å². The van der Waals surface area contributed by atoms with E-state index in [1.165, 1.54) is 0 Å². The van der Waals surface area contributed by atoms with E-state index in [2.05, 4.69) is 27.3 Å². The Morgan fingerprint density at radius 2 is 1.55 bits per heavy atom.